The van der Waals surface area contributed by atoms with Crippen molar-refractivity contribution in [2.45, 2.75) is 51.4 Å². The van der Waals surface area contributed by atoms with Gasteiger partial charge in [0.25, 0.3) is 0 Å². The molecule has 1 aromatic carbocycles. The van der Waals surface area contributed by atoms with E-state index in [4.69, 9.17) is 0 Å². The van der Waals surface area contributed by atoms with Crippen molar-refractivity contribution in [3.8, 4) is 5.75 Å². The third-order valence-corrected chi connectivity index (χ3v) is 5.65. The van der Waals surface area contributed by atoms with Gasteiger partial charge in [-0.15, -0.1) is 0 Å². The first kappa shape index (κ1) is 16.1. The van der Waals surface area contributed by atoms with E-state index in [0.29, 0.717) is 18.4 Å². The zero-order valence-corrected chi connectivity index (χ0v) is 14.5. The van der Waals surface area contributed by atoms with Gasteiger partial charge in [0.15, 0.2) is 11.6 Å². The van der Waals surface area contributed by atoms with Gasteiger partial charge in [-0.05, 0) is 38.7 Å². The summed E-state index contributed by atoms with van der Waals surface area (Å²) >= 11 is 0. The van der Waals surface area contributed by atoms with Crippen molar-refractivity contribution in [3.63, 3.8) is 0 Å². The number of allylic oxidation sites excluding steroid dienone is 4. The number of phenolic OH excluding ortho intramolecular Hbond substituents is 1. The smallest absolute Gasteiger partial charge is 0.161 e. The number of hydrogen-bond acceptors (Lipinski definition) is 4. The first-order valence-corrected chi connectivity index (χ1v) is 9.21. The predicted octanol–water partition coefficient (Wildman–Crippen LogP) is 3.83. The third kappa shape index (κ3) is 2.43. The van der Waals surface area contributed by atoms with E-state index < -0.39 is 5.92 Å². The van der Waals surface area contributed by atoms with Gasteiger partial charge in [0.2, 0.25) is 0 Å². The van der Waals surface area contributed by atoms with Crippen LogP contribution >= 0.6 is 0 Å². The molecule has 0 bridgehead atoms. The van der Waals surface area contributed by atoms with Crippen LogP contribution in [0.15, 0.2) is 46.8 Å². The predicted molar refractivity (Wildman–Crippen MR) is 95.0 cm³/mol. The number of carbonyl (C=O) groups excluding carboxylic acids is 2. The number of rotatable bonds is 2. The number of benzene rings is 1. The Morgan fingerprint density at radius 2 is 1.52 bits per heavy atom. The fourth-order valence-corrected chi connectivity index (χ4v) is 4.64. The molecular formula is C21H23NO3. The van der Waals surface area contributed by atoms with Gasteiger partial charge in [-0.25, -0.2) is 0 Å². The largest absolute Gasteiger partial charge is 0.508 e. The van der Waals surface area contributed by atoms with E-state index in [0.717, 1.165) is 54.8 Å². The van der Waals surface area contributed by atoms with E-state index in [9.17, 15) is 14.7 Å². The summed E-state index contributed by atoms with van der Waals surface area (Å²) in [5.41, 5.74) is 4.30. The van der Waals surface area contributed by atoms with Crippen molar-refractivity contribution >= 4 is 11.6 Å². The molecule has 0 spiro atoms. The highest BCUT2D eigenvalue weighted by molar-refractivity contribution is 6.06. The standard InChI is InChI=1S/C21H23NO3/c1-2-22-14-8-5-11-17(24)20(14)19(13-7-3-4-10-16(13)23)21-15(22)9-6-12-18(21)25/h3-4,7,10,19,23H,2,5-6,8-9,11-12H2,1H3. The van der Waals surface area contributed by atoms with Gasteiger partial charge in [-0.2, -0.15) is 0 Å². The van der Waals surface area contributed by atoms with Gasteiger partial charge >= 0.3 is 0 Å². The summed E-state index contributed by atoms with van der Waals surface area (Å²) in [4.78, 5) is 27.9. The van der Waals surface area contributed by atoms with Crippen molar-refractivity contribution in [3.05, 3.63) is 52.4 Å². The molecule has 0 aromatic heterocycles. The molecule has 4 rings (SSSR count). The van der Waals surface area contributed by atoms with Crippen molar-refractivity contribution in [2.75, 3.05) is 6.54 Å². The van der Waals surface area contributed by atoms with Crippen molar-refractivity contribution in [1.29, 1.82) is 0 Å². The normalized spacial score (nSPS) is 21.6. The SMILES string of the molecule is CCN1C2=C(C(=O)CCC2)C(c2ccccc2O)C2=C1CCCC2=O. The van der Waals surface area contributed by atoms with Crippen LogP contribution in [0.1, 0.15) is 56.9 Å². The lowest BCUT2D eigenvalue weighted by atomic mass is 9.71. The topological polar surface area (TPSA) is 57.6 Å². The lowest BCUT2D eigenvalue weighted by Crippen LogP contribution is -2.39. The van der Waals surface area contributed by atoms with E-state index in [-0.39, 0.29) is 17.3 Å². The van der Waals surface area contributed by atoms with Crippen LogP contribution in [0.25, 0.3) is 0 Å². The molecule has 1 heterocycles. The number of nitrogens with zero attached hydrogens (tertiary/aromatic N) is 1. The van der Waals surface area contributed by atoms with E-state index in [1.807, 2.05) is 12.1 Å². The number of Topliss-reactive ketones (excluding diaryl/α,β-unsaturated/α-hetero) is 2. The minimum Gasteiger partial charge on any atom is -0.508 e. The second-order valence-corrected chi connectivity index (χ2v) is 7.01. The quantitative estimate of drug-likeness (QED) is 0.891. The molecule has 0 unspecified atom stereocenters. The maximum atomic E-state index is 12.9. The van der Waals surface area contributed by atoms with Crippen LogP contribution in [-0.4, -0.2) is 28.1 Å². The molecule has 130 valence electrons. The Morgan fingerprint density at radius 1 is 0.960 bits per heavy atom. The molecule has 2 aliphatic carbocycles. The van der Waals surface area contributed by atoms with Crippen LogP contribution in [0.2, 0.25) is 0 Å². The molecule has 4 heteroatoms. The van der Waals surface area contributed by atoms with Crippen molar-refractivity contribution in [1.82, 2.24) is 4.90 Å². The van der Waals surface area contributed by atoms with E-state index in [1.54, 1.807) is 12.1 Å². The van der Waals surface area contributed by atoms with Gasteiger partial charge in [0.05, 0.1) is 0 Å². The van der Waals surface area contributed by atoms with Crippen LogP contribution in [0, 0.1) is 0 Å². The molecule has 1 aliphatic heterocycles. The molecule has 3 aliphatic rings. The lowest BCUT2D eigenvalue weighted by Gasteiger charge is -2.43. The number of phenols is 1. The number of carbonyl (C=O) groups is 2. The highest BCUT2D eigenvalue weighted by Crippen LogP contribution is 2.50. The molecule has 0 saturated heterocycles. The van der Waals surface area contributed by atoms with Crippen LogP contribution in [0.5, 0.6) is 5.75 Å². The summed E-state index contributed by atoms with van der Waals surface area (Å²) in [6.07, 6.45) is 4.50. The lowest BCUT2D eigenvalue weighted by molar-refractivity contribution is -0.117. The number of ketones is 2. The number of para-hydroxylation sites is 1. The van der Waals surface area contributed by atoms with E-state index in [1.165, 1.54) is 0 Å². The summed E-state index contributed by atoms with van der Waals surface area (Å²) in [6.45, 7) is 2.85. The summed E-state index contributed by atoms with van der Waals surface area (Å²) in [5.74, 6) is -0.00162. The molecular weight excluding hydrogens is 314 g/mol. The van der Waals surface area contributed by atoms with Crippen molar-refractivity contribution < 1.29 is 14.7 Å². The third-order valence-electron chi connectivity index (χ3n) is 5.65. The maximum Gasteiger partial charge on any atom is 0.161 e. The summed E-state index contributed by atoms with van der Waals surface area (Å²) in [7, 11) is 0. The Labute approximate surface area is 147 Å². The molecule has 0 saturated carbocycles. The Morgan fingerprint density at radius 3 is 2.04 bits per heavy atom. The molecule has 0 atom stereocenters. The number of hydrogen-bond donors (Lipinski definition) is 1. The zero-order valence-electron chi connectivity index (χ0n) is 14.5. The van der Waals surface area contributed by atoms with E-state index in [2.05, 4.69) is 11.8 Å². The minimum absolute atomic E-state index is 0.123. The monoisotopic (exact) mass is 337 g/mol. The Balaban J connectivity index is 1.99. The van der Waals surface area contributed by atoms with Gasteiger partial charge < -0.3 is 10.0 Å². The first-order valence-electron chi connectivity index (χ1n) is 9.21. The van der Waals surface area contributed by atoms with Crippen LogP contribution in [-0.2, 0) is 9.59 Å². The van der Waals surface area contributed by atoms with Gasteiger partial charge in [0.1, 0.15) is 5.75 Å². The average Bonchev–Trinajstić information content (AvgIpc) is 2.61. The molecule has 0 amide bonds. The second kappa shape index (κ2) is 6.17. The molecule has 4 nitrogen and oxygen atoms in total. The summed E-state index contributed by atoms with van der Waals surface area (Å²) < 4.78 is 0. The molecule has 0 fully saturated rings. The molecule has 0 radical (unpaired) electrons. The maximum absolute atomic E-state index is 12.9. The Kier molecular flexibility index (Phi) is 3.98. The first-order chi connectivity index (χ1) is 12.1. The van der Waals surface area contributed by atoms with E-state index >= 15 is 0 Å². The minimum atomic E-state index is -0.408. The van der Waals surface area contributed by atoms with Crippen LogP contribution in [0.3, 0.4) is 0 Å². The van der Waals surface area contributed by atoms with Crippen molar-refractivity contribution in [2.24, 2.45) is 0 Å². The Bertz CT molecular complexity index is 774. The molecule has 1 aromatic rings. The average molecular weight is 337 g/mol. The highest BCUT2D eigenvalue weighted by atomic mass is 16.3. The number of aromatic hydroxyl groups is 1. The van der Waals surface area contributed by atoms with Crippen LogP contribution in [0.4, 0.5) is 0 Å². The second-order valence-electron chi connectivity index (χ2n) is 7.01. The highest BCUT2D eigenvalue weighted by Gasteiger charge is 2.43. The summed E-state index contributed by atoms with van der Waals surface area (Å²) in [6, 6.07) is 7.13. The Hall–Kier alpha value is -2.36. The fraction of sp³-hybridized carbons (Fsp3) is 0.429. The van der Waals surface area contributed by atoms with Gasteiger partial charge in [0, 0.05) is 53.4 Å². The fourth-order valence-electron chi connectivity index (χ4n) is 4.64. The van der Waals surface area contributed by atoms with Gasteiger partial charge in [-0.3, -0.25) is 9.59 Å². The molecule has 25 heavy (non-hydrogen) atoms. The summed E-state index contributed by atoms with van der Waals surface area (Å²) in [5, 5.41) is 10.5. The van der Waals surface area contributed by atoms with Gasteiger partial charge in [-0.1, -0.05) is 18.2 Å². The molecule has 1 N–H and O–H groups in total. The van der Waals surface area contributed by atoms with Crippen LogP contribution < -0.4 is 0 Å². The zero-order chi connectivity index (χ0) is 17.6.